The van der Waals surface area contributed by atoms with Crippen LogP contribution in [-0.2, 0) is 9.59 Å². The molecule has 1 aromatic rings. The zero-order chi connectivity index (χ0) is 38.3. The minimum absolute atomic E-state index is 0.0153. The monoisotopic (exact) mass is 743 g/mol. The number of rotatable bonds is 17. The number of amides is 1. The summed E-state index contributed by atoms with van der Waals surface area (Å²) in [5.41, 5.74) is 1.29. The summed E-state index contributed by atoms with van der Waals surface area (Å²) < 4.78 is 0. The Morgan fingerprint density at radius 3 is 2.15 bits per heavy atom. The maximum atomic E-state index is 13.7. The molecule has 7 heteroatoms. The molecular weight excluding hydrogens is 665 g/mol. The van der Waals surface area contributed by atoms with Crippen LogP contribution in [0, 0.1) is 41.4 Å². The minimum Gasteiger partial charge on any atom is -0.392 e. The Kier molecular flexibility index (Phi) is 19.0. The van der Waals surface area contributed by atoms with Gasteiger partial charge in [-0.25, -0.2) is 4.98 Å². The number of aromatic nitrogens is 1. The standard InChI is InChI=1S/C45H78N2O4S/c1-9-39(34(4)27-38-31-52-36(6)46-38)47-41(49)28-40(48)44(7,8)43(51)35(5)42(50)33(3)24-22-23-32(2)29-45-26-21-19-17-15-13-11-10-12-14-16-18-20-25-37(45)30-45/h27,31-33,35,37,39-40,42,48,50H,9-26,28-30H2,1-8H3,(H,47,49). The second kappa shape index (κ2) is 22.1. The molecule has 3 N–H and O–H groups in total. The van der Waals surface area contributed by atoms with E-state index >= 15 is 0 Å². The lowest BCUT2D eigenvalue weighted by Crippen LogP contribution is -2.47. The molecule has 1 amide bonds. The van der Waals surface area contributed by atoms with Gasteiger partial charge in [0.2, 0.25) is 5.91 Å². The Hall–Kier alpha value is -1.57. The van der Waals surface area contributed by atoms with Crippen LogP contribution in [0.25, 0.3) is 6.08 Å². The smallest absolute Gasteiger partial charge is 0.223 e. The number of fused-ring (bicyclic) bond motifs is 1. The average Bonchev–Trinajstić information content (AvgIpc) is 3.60. The van der Waals surface area contributed by atoms with Gasteiger partial charge in [-0.2, -0.15) is 0 Å². The first-order valence-corrected chi connectivity index (χ1v) is 22.4. The van der Waals surface area contributed by atoms with Gasteiger partial charge in [0.05, 0.1) is 34.7 Å². The van der Waals surface area contributed by atoms with Gasteiger partial charge in [0.15, 0.2) is 0 Å². The third kappa shape index (κ3) is 14.3. The highest BCUT2D eigenvalue weighted by Crippen LogP contribution is 2.62. The molecule has 0 bridgehead atoms. The lowest BCUT2D eigenvalue weighted by molar-refractivity contribution is -0.143. The fraction of sp³-hybridized carbons (Fsp3) is 0.844. The molecule has 298 valence electrons. The molecule has 8 atom stereocenters. The van der Waals surface area contributed by atoms with Gasteiger partial charge in [-0.1, -0.05) is 131 Å². The van der Waals surface area contributed by atoms with Crippen LogP contribution in [0.2, 0.25) is 0 Å². The van der Waals surface area contributed by atoms with Gasteiger partial charge in [-0.05, 0) is 87.2 Å². The molecule has 2 fully saturated rings. The molecule has 0 radical (unpaired) electrons. The number of carbonyl (C=O) groups is 2. The predicted molar refractivity (Wildman–Crippen MR) is 219 cm³/mol. The van der Waals surface area contributed by atoms with Crippen LogP contribution < -0.4 is 5.32 Å². The van der Waals surface area contributed by atoms with Crippen LogP contribution >= 0.6 is 11.3 Å². The van der Waals surface area contributed by atoms with Crippen molar-refractivity contribution < 1.29 is 19.8 Å². The number of aliphatic hydroxyl groups excluding tert-OH is 2. The largest absolute Gasteiger partial charge is 0.392 e. The van der Waals surface area contributed by atoms with Crippen LogP contribution in [0.1, 0.15) is 194 Å². The first-order valence-electron chi connectivity index (χ1n) is 21.5. The van der Waals surface area contributed by atoms with Crippen molar-refractivity contribution in [3.05, 3.63) is 21.7 Å². The van der Waals surface area contributed by atoms with E-state index in [2.05, 4.69) is 24.1 Å². The zero-order valence-corrected chi connectivity index (χ0v) is 35.4. The molecule has 6 nitrogen and oxygen atoms in total. The van der Waals surface area contributed by atoms with E-state index in [-0.39, 0.29) is 30.1 Å². The highest BCUT2D eigenvalue weighted by molar-refractivity contribution is 7.09. The lowest BCUT2D eigenvalue weighted by atomic mass is 9.73. The molecular formula is C45H78N2O4S. The lowest BCUT2D eigenvalue weighted by Gasteiger charge is -2.34. The third-order valence-electron chi connectivity index (χ3n) is 13.1. The number of ketones is 1. The Morgan fingerprint density at radius 1 is 0.981 bits per heavy atom. The van der Waals surface area contributed by atoms with E-state index in [1.165, 1.54) is 109 Å². The fourth-order valence-electron chi connectivity index (χ4n) is 9.29. The van der Waals surface area contributed by atoms with E-state index in [4.69, 9.17) is 0 Å². The number of carbonyl (C=O) groups excluding carboxylic acids is 2. The molecule has 0 aliphatic heterocycles. The molecule has 0 spiro atoms. The topological polar surface area (TPSA) is 99.5 Å². The first-order chi connectivity index (χ1) is 24.7. The van der Waals surface area contributed by atoms with Gasteiger partial charge in [-0.3, -0.25) is 9.59 Å². The van der Waals surface area contributed by atoms with Crippen molar-refractivity contribution in [1.82, 2.24) is 10.3 Å². The van der Waals surface area contributed by atoms with Crippen LogP contribution in [-0.4, -0.2) is 45.1 Å². The van der Waals surface area contributed by atoms with Crippen molar-refractivity contribution in [2.24, 2.45) is 34.5 Å². The summed E-state index contributed by atoms with van der Waals surface area (Å²) in [7, 11) is 0. The number of hydrogen-bond acceptors (Lipinski definition) is 6. The van der Waals surface area contributed by atoms with Crippen LogP contribution in [0.5, 0.6) is 0 Å². The molecule has 8 unspecified atom stereocenters. The molecule has 1 aromatic heterocycles. The quantitative estimate of drug-likeness (QED) is 0.148. The van der Waals surface area contributed by atoms with Crippen molar-refractivity contribution in [3.8, 4) is 0 Å². The predicted octanol–water partition coefficient (Wildman–Crippen LogP) is 11.4. The normalized spacial score (nSPS) is 24.9. The van der Waals surface area contributed by atoms with Gasteiger partial charge >= 0.3 is 0 Å². The Balaban J connectivity index is 1.44. The molecule has 3 rings (SSSR count). The summed E-state index contributed by atoms with van der Waals surface area (Å²) in [5, 5.41) is 28.5. The molecule has 52 heavy (non-hydrogen) atoms. The number of nitrogens with zero attached hydrogens (tertiary/aromatic N) is 1. The number of aryl methyl sites for hydroxylation is 1. The highest BCUT2D eigenvalue weighted by atomic mass is 32.1. The van der Waals surface area contributed by atoms with Gasteiger partial charge in [0.25, 0.3) is 0 Å². The van der Waals surface area contributed by atoms with E-state index < -0.39 is 23.5 Å². The molecule has 2 aliphatic carbocycles. The number of hydrogen-bond donors (Lipinski definition) is 3. The molecule has 2 aliphatic rings. The summed E-state index contributed by atoms with van der Waals surface area (Å²) in [6.45, 7) is 15.6. The molecule has 0 aromatic carbocycles. The Labute approximate surface area is 322 Å². The zero-order valence-electron chi connectivity index (χ0n) is 34.6. The van der Waals surface area contributed by atoms with Gasteiger partial charge in [0.1, 0.15) is 5.78 Å². The summed E-state index contributed by atoms with van der Waals surface area (Å²) in [5.74, 6) is 0.498. The van der Waals surface area contributed by atoms with E-state index in [1.807, 2.05) is 32.2 Å². The first kappa shape index (κ1) is 44.8. The van der Waals surface area contributed by atoms with Crippen molar-refractivity contribution >= 4 is 29.1 Å². The van der Waals surface area contributed by atoms with E-state index in [1.54, 1.807) is 32.1 Å². The number of nitrogens with one attached hydrogen (secondary N) is 1. The summed E-state index contributed by atoms with van der Waals surface area (Å²) in [4.78, 5) is 31.2. The SMILES string of the molecule is CCC(NC(=O)CC(O)C(C)(C)C(=O)C(C)C(O)C(C)CCCC(C)CC12CCCCCCCCCCCCCCC1C2)C(C)=Cc1csc(C)n1. The minimum atomic E-state index is -1.17. The maximum absolute atomic E-state index is 13.7. The second-order valence-corrected chi connectivity index (χ2v) is 19.1. The van der Waals surface area contributed by atoms with Crippen molar-refractivity contribution in [2.45, 2.75) is 208 Å². The fourth-order valence-corrected chi connectivity index (χ4v) is 9.86. The number of aliphatic hydroxyl groups is 2. The number of thiazole rings is 1. The van der Waals surface area contributed by atoms with Crippen molar-refractivity contribution in [1.29, 1.82) is 0 Å². The summed E-state index contributed by atoms with van der Waals surface area (Å²) in [6.07, 6.45) is 26.4. The van der Waals surface area contributed by atoms with Gasteiger partial charge < -0.3 is 15.5 Å². The summed E-state index contributed by atoms with van der Waals surface area (Å²) in [6, 6.07) is -0.182. The Morgan fingerprint density at radius 2 is 1.58 bits per heavy atom. The molecule has 0 saturated heterocycles. The van der Waals surface area contributed by atoms with Gasteiger partial charge in [-0.15, -0.1) is 11.3 Å². The van der Waals surface area contributed by atoms with Crippen LogP contribution in [0.4, 0.5) is 0 Å². The Bertz CT molecular complexity index is 1240. The maximum Gasteiger partial charge on any atom is 0.223 e. The number of Topliss-reactive ketones (excluding diaryl/α,β-unsaturated/α-hetero) is 1. The molecule has 2 saturated carbocycles. The van der Waals surface area contributed by atoms with E-state index in [0.717, 1.165) is 35.0 Å². The van der Waals surface area contributed by atoms with Crippen LogP contribution in [0.3, 0.4) is 0 Å². The van der Waals surface area contributed by atoms with Crippen LogP contribution in [0.15, 0.2) is 11.0 Å². The average molecular weight is 743 g/mol. The third-order valence-corrected chi connectivity index (χ3v) is 13.9. The van der Waals surface area contributed by atoms with Gasteiger partial charge in [0, 0.05) is 17.3 Å². The van der Waals surface area contributed by atoms with E-state index in [0.29, 0.717) is 17.8 Å². The highest BCUT2D eigenvalue weighted by Gasteiger charge is 2.52. The van der Waals surface area contributed by atoms with E-state index in [9.17, 15) is 19.8 Å². The molecule has 1 heterocycles. The summed E-state index contributed by atoms with van der Waals surface area (Å²) >= 11 is 1.59. The second-order valence-electron chi connectivity index (χ2n) is 18.1. The van der Waals surface area contributed by atoms with Crippen molar-refractivity contribution in [3.63, 3.8) is 0 Å². The van der Waals surface area contributed by atoms with Crippen molar-refractivity contribution in [2.75, 3.05) is 0 Å².